The van der Waals surface area contributed by atoms with Gasteiger partial charge in [-0.2, -0.15) is 4.67 Å². The van der Waals surface area contributed by atoms with Crippen LogP contribution >= 0.6 is 62.8 Å². The molecule has 2 saturated heterocycles. The van der Waals surface area contributed by atoms with Crippen molar-refractivity contribution in [1.82, 2.24) is 9.34 Å². The number of rotatable bonds is 17. The fourth-order valence-electron chi connectivity index (χ4n) is 13.1. The molecule has 6 aromatic rings. The second kappa shape index (κ2) is 48.0. The Morgan fingerprint density at radius 2 is 0.736 bits per heavy atom. The second-order valence-corrected chi connectivity index (χ2v) is 44.0. The Kier molecular flexibility index (Phi) is 42.2. The maximum Gasteiger partial charge on any atom is 0.135 e. The van der Waals surface area contributed by atoms with Gasteiger partial charge in [0.25, 0.3) is 0 Å². The normalized spacial score (nSPS) is 17.0. The average molecular weight is 1550 g/mol. The molecule has 6 aromatic carbocycles. The average Bonchev–Trinajstić information content (AvgIpc) is 2.79. The summed E-state index contributed by atoms with van der Waals surface area (Å²) in [4.78, 5) is 0. The quantitative estimate of drug-likeness (QED) is 0.0672. The van der Waals surface area contributed by atoms with E-state index in [1.54, 1.807) is 96.3 Å². The zero-order chi connectivity index (χ0) is 64.0. The molecule has 14 heteroatoms. The Hall–Kier alpha value is -1.76. The summed E-state index contributed by atoms with van der Waals surface area (Å²) in [6, 6.07) is 59.7. The van der Waals surface area contributed by atoms with E-state index < -0.39 is 35.1 Å². The zero-order valence-electron chi connectivity index (χ0n) is 55.1. The van der Waals surface area contributed by atoms with E-state index >= 15 is 0 Å². The van der Waals surface area contributed by atoms with Gasteiger partial charge in [-0.1, -0.05) is 137 Å². The largest absolute Gasteiger partial charge is 0.382 e. The van der Waals surface area contributed by atoms with Crippen LogP contribution in [0.25, 0.3) is 0 Å². The molecule has 506 valence electrons. The molecular weight excluding hydrogens is 1440 g/mol. The van der Waals surface area contributed by atoms with Crippen LogP contribution in [0.5, 0.6) is 11.5 Å². The van der Waals surface area contributed by atoms with Gasteiger partial charge in [-0.25, -0.2) is 0 Å². The Labute approximate surface area is 583 Å². The summed E-state index contributed by atoms with van der Waals surface area (Å²) in [7, 11) is 22.1. The second-order valence-electron chi connectivity index (χ2n) is 24.4. The first-order chi connectivity index (χ1) is 43.9. The third-order valence-electron chi connectivity index (χ3n) is 17.0. The zero-order valence-corrected chi connectivity index (χ0v) is 64.5. The number of piperidine rings is 2. The number of nitrogens with zero attached hydrogens (tertiary/aromatic N) is 2. The van der Waals surface area contributed by atoms with Crippen molar-refractivity contribution in [2.75, 3.05) is 39.4 Å². The number of hydrogen-bond acceptors (Lipinski definition) is 5. The predicted molar refractivity (Wildman–Crippen MR) is 406 cm³/mol. The number of halogens is 4. The standard InChI is InChI=1S/C18H33P.2C17H20NP.2C10H12O.C4H10O.CH4.4ClH.2Ru/c3*1-4-10-16(11-5-1)19(17-12-6-2-7-13-17)18-14-8-3-9-15-18;2*1-8(2)11-10-7-5-4-6-9(10)3;1-3-5-4-2;;;;;;;/h16-18H,1-15H2;2*1-2,4-7,10-13H,3,8-9,14-15H2;2*3-8H,1-2H3;3-4H2,1-2H3;1H4;4*1H;;/q;;;;;;;;;;;2*+2/p-2. The van der Waals surface area contributed by atoms with Crippen LogP contribution in [0.4, 0.5) is 0 Å². The van der Waals surface area contributed by atoms with Crippen LogP contribution in [0.15, 0.2) is 170 Å². The van der Waals surface area contributed by atoms with Gasteiger partial charge >= 0.3 is 196 Å². The van der Waals surface area contributed by atoms with Crippen molar-refractivity contribution in [2.24, 2.45) is 0 Å². The van der Waals surface area contributed by atoms with E-state index in [0.29, 0.717) is 0 Å². The van der Waals surface area contributed by atoms with Gasteiger partial charge in [0.1, 0.15) is 18.7 Å². The van der Waals surface area contributed by atoms with Gasteiger partial charge in [-0.15, -0.1) is 0 Å². The van der Waals surface area contributed by atoms with E-state index in [1.165, 1.54) is 103 Å². The molecule has 5 fully saturated rings. The summed E-state index contributed by atoms with van der Waals surface area (Å²) in [5.74, 6) is 1.70. The van der Waals surface area contributed by atoms with Gasteiger partial charge in [0.05, 0.1) is 17.0 Å². The summed E-state index contributed by atoms with van der Waals surface area (Å²) < 4.78 is 25.3. The van der Waals surface area contributed by atoms with Crippen molar-refractivity contribution >= 4 is 93.3 Å². The molecule has 0 radical (unpaired) electrons. The minimum absolute atomic E-state index is 0. The monoisotopic (exact) mass is 1550 g/mol. The molecule has 0 atom stereocenters. The molecule has 0 spiro atoms. The number of benzene rings is 6. The first kappa shape index (κ1) is 79.9. The third kappa shape index (κ3) is 30.7. The van der Waals surface area contributed by atoms with Gasteiger partial charge in [0.15, 0.2) is 0 Å². The number of ether oxygens (including phenoxy) is 3. The summed E-state index contributed by atoms with van der Waals surface area (Å²) in [5.41, 5.74) is 5.66. The summed E-state index contributed by atoms with van der Waals surface area (Å²) in [6.07, 6.45) is 32.3. The van der Waals surface area contributed by atoms with Crippen LogP contribution in [0, 0.1) is 0 Å². The van der Waals surface area contributed by atoms with Crippen molar-refractivity contribution in [3.8, 4) is 11.5 Å². The molecule has 91 heavy (non-hydrogen) atoms. The minimum atomic E-state index is -1.77. The van der Waals surface area contributed by atoms with Crippen LogP contribution < -0.4 is 30.7 Å². The number of hydrogen-bond donors (Lipinski definition) is 0. The smallest absolute Gasteiger partial charge is 0.135 e. The summed E-state index contributed by atoms with van der Waals surface area (Å²) in [5, 5.41) is 5.98. The van der Waals surface area contributed by atoms with Crippen molar-refractivity contribution in [1.29, 1.82) is 0 Å². The van der Waals surface area contributed by atoms with E-state index in [2.05, 4.69) is 131 Å². The Bertz CT molecular complexity index is 2560. The Morgan fingerprint density at radius 3 is 1.05 bits per heavy atom. The SMILES string of the molecule is C.C1CCC([PH+](C2CCCCC2)C2CCCCC2)CC1.CC(C)Oc1ccccc1[CH]=[Ru]([Cl])[Cl].CC(C)Oc1ccccc1[CH]=[Ru]([Cl])[Cl].CCOCC.c1ccc(P(c2ccccc2)N2CCCCC2)cc1.c1ccc([PH+](c2ccccc2)N2CCCCC2)cc1. The molecule has 5 aliphatic rings. The summed E-state index contributed by atoms with van der Waals surface area (Å²) in [6.45, 7) is 18.7. The van der Waals surface area contributed by atoms with Gasteiger partial charge in [0.2, 0.25) is 0 Å². The van der Waals surface area contributed by atoms with E-state index in [1.807, 2.05) is 99.3 Å². The van der Waals surface area contributed by atoms with Crippen LogP contribution in [-0.2, 0) is 31.8 Å². The molecule has 11 rings (SSSR count). The van der Waals surface area contributed by atoms with Crippen LogP contribution in [0.1, 0.15) is 195 Å². The minimum Gasteiger partial charge on any atom is -0.382 e. The predicted octanol–water partition coefficient (Wildman–Crippen LogP) is 21.8. The molecule has 0 amide bonds. The Balaban J connectivity index is 0.000000203. The molecule has 3 saturated carbocycles. The fourth-order valence-corrected chi connectivity index (χ4v) is 27.3. The van der Waals surface area contributed by atoms with Crippen LogP contribution in [-0.4, -0.2) is 87.1 Å². The van der Waals surface area contributed by atoms with E-state index in [4.69, 9.17) is 53.0 Å². The molecule has 2 aliphatic heterocycles. The molecule has 0 N–H and O–H groups in total. The first-order valence-corrected chi connectivity index (χ1v) is 49.4. The molecule has 0 bridgehead atoms. The molecule has 0 aromatic heterocycles. The van der Waals surface area contributed by atoms with Crippen LogP contribution in [0.3, 0.4) is 0 Å². The maximum atomic E-state index is 5.82. The van der Waals surface area contributed by atoms with E-state index in [0.717, 1.165) is 35.8 Å². The first-order valence-electron chi connectivity index (χ1n) is 33.9. The number of para-hydroxylation sites is 2. The molecule has 0 unspecified atom stereocenters. The van der Waals surface area contributed by atoms with Crippen molar-refractivity contribution in [3.63, 3.8) is 0 Å². The summed E-state index contributed by atoms with van der Waals surface area (Å²) >= 11 is -3.54. The fraction of sp³-hybridized carbons (Fsp3) is 0.506. The Morgan fingerprint density at radius 1 is 0.429 bits per heavy atom. The van der Waals surface area contributed by atoms with E-state index in [-0.39, 0.29) is 35.6 Å². The molecular formula is C77H113Cl4N2O3P3Ru2+2. The third-order valence-corrected chi connectivity index (χ3v) is 30.6. The molecule has 5 nitrogen and oxygen atoms in total. The van der Waals surface area contributed by atoms with Crippen molar-refractivity contribution < 1.29 is 41.2 Å². The van der Waals surface area contributed by atoms with E-state index in [9.17, 15) is 0 Å². The van der Waals surface area contributed by atoms with Crippen LogP contribution in [0.2, 0.25) is 0 Å². The molecule has 2 heterocycles. The van der Waals surface area contributed by atoms with Gasteiger partial charge < -0.3 is 4.74 Å². The van der Waals surface area contributed by atoms with Gasteiger partial charge in [-0.3, -0.25) is 4.67 Å². The van der Waals surface area contributed by atoms with Gasteiger partial charge in [0, 0.05) is 55.4 Å². The molecule has 3 aliphatic carbocycles. The maximum absolute atomic E-state index is 5.82. The van der Waals surface area contributed by atoms with Crippen molar-refractivity contribution in [3.05, 3.63) is 181 Å². The van der Waals surface area contributed by atoms with Crippen molar-refractivity contribution in [2.45, 2.75) is 213 Å². The topological polar surface area (TPSA) is 34.2 Å². The van der Waals surface area contributed by atoms with Gasteiger partial charge in [-0.05, 0) is 151 Å².